The molecule has 3 nitrogen and oxygen atoms in total. The topological polar surface area (TPSA) is 40.5 Å². The van der Waals surface area contributed by atoms with Crippen LogP contribution in [0.5, 0.6) is 5.75 Å². The molecule has 6 heteroatoms. The maximum atomic E-state index is 13.0. The summed E-state index contributed by atoms with van der Waals surface area (Å²) in [4.78, 5) is 14.7. The molecule has 0 spiro atoms. The Morgan fingerprint density at radius 1 is 1.04 bits per heavy atom. The smallest absolute Gasteiger partial charge is 0.416 e. The molecule has 1 fully saturated rings. The lowest BCUT2D eigenvalue weighted by molar-refractivity contribution is -0.137. The van der Waals surface area contributed by atoms with Crippen LogP contribution in [0.4, 0.5) is 13.2 Å². The molecule has 144 valence electrons. The second-order valence-electron chi connectivity index (χ2n) is 7.07. The number of amides is 1. The van der Waals surface area contributed by atoms with Gasteiger partial charge in [0.15, 0.2) is 0 Å². The number of benzene rings is 3. The fourth-order valence-corrected chi connectivity index (χ4v) is 3.81. The van der Waals surface area contributed by atoms with Crippen molar-refractivity contribution in [2.45, 2.75) is 18.5 Å². The zero-order valence-electron chi connectivity index (χ0n) is 14.9. The third-order valence-electron chi connectivity index (χ3n) is 5.26. The van der Waals surface area contributed by atoms with Crippen molar-refractivity contribution in [2.24, 2.45) is 0 Å². The highest BCUT2D eigenvalue weighted by Gasteiger charge is 2.33. The van der Waals surface area contributed by atoms with E-state index in [4.69, 9.17) is 0 Å². The van der Waals surface area contributed by atoms with Gasteiger partial charge in [0.05, 0.1) is 5.56 Å². The molecular weight excluding hydrogens is 367 g/mol. The summed E-state index contributed by atoms with van der Waals surface area (Å²) in [6.07, 6.45) is -3.75. The summed E-state index contributed by atoms with van der Waals surface area (Å²) >= 11 is 0. The monoisotopic (exact) mass is 385 g/mol. The Bertz CT molecular complexity index is 1050. The summed E-state index contributed by atoms with van der Waals surface area (Å²) in [5.74, 6) is -0.140. The Kier molecular flexibility index (Phi) is 4.49. The van der Waals surface area contributed by atoms with Crippen LogP contribution in [0.1, 0.15) is 33.8 Å². The number of hydrogen-bond donors (Lipinski definition) is 1. The number of likely N-dealkylation sites (tertiary alicyclic amines) is 1. The maximum Gasteiger partial charge on any atom is 0.416 e. The van der Waals surface area contributed by atoms with Crippen LogP contribution in [0.25, 0.3) is 10.8 Å². The van der Waals surface area contributed by atoms with E-state index in [1.54, 1.807) is 35.2 Å². The highest BCUT2D eigenvalue weighted by atomic mass is 19.4. The third-order valence-corrected chi connectivity index (χ3v) is 5.26. The van der Waals surface area contributed by atoms with Gasteiger partial charge in [-0.15, -0.1) is 0 Å². The van der Waals surface area contributed by atoms with Crippen molar-refractivity contribution in [3.8, 4) is 5.75 Å². The van der Waals surface area contributed by atoms with Gasteiger partial charge in [0.1, 0.15) is 5.75 Å². The van der Waals surface area contributed by atoms with Crippen LogP contribution in [0.2, 0.25) is 0 Å². The number of phenolic OH excluding ortho intramolecular Hbond substituents is 1. The first-order valence-corrected chi connectivity index (χ1v) is 9.01. The largest absolute Gasteiger partial charge is 0.508 e. The number of carbonyl (C=O) groups is 1. The number of rotatable bonds is 2. The standard InChI is InChI=1S/C22H18F3NO2/c23-22(24,25)17-5-1-3-14(11-17)16-9-10-26(13-16)21(28)20-6-2-4-15-12-18(27)7-8-19(15)20/h1-8,11-12,16,27H,9-10,13H2. The summed E-state index contributed by atoms with van der Waals surface area (Å²) in [6.45, 7) is 0.878. The molecule has 28 heavy (non-hydrogen) atoms. The molecule has 1 unspecified atom stereocenters. The van der Waals surface area contributed by atoms with Crippen LogP contribution in [0.3, 0.4) is 0 Å². The average molecular weight is 385 g/mol. The lowest BCUT2D eigenvalue weighted by Gasteiger charge is -2.18. The molecule has 0 saturated carbocycles. The molecule has 1 N–H and O–H groups in total. The molecule has 1 amide bonds. The van der Waals surface area contributed by atoms with Gasteiger partial charge in [0, 0.05) is 24.6 Å². The zero-order valence-corrected chi connectivity index (χ0v) is 14.9. The van der Waals surface area contributed by atoms with Crippen LogP contribution in [0, 0.1) is 0 Å². The van der Waals surface area contributed by atoms with Crippen molar-refractivity contribution >= 4 is 16.7 Å². The van der Waals surface area contributed by atoms with Crippen LogP contribution >= 0.6 is 0 Å². The molecule has 1 aliphatic heterocycles. The Hall–Kier alpha value is -3.02. The number of hydrogen-bond acceptors (Lipinski definition) is 2. The lowest BCUT2D eigenvalue weighted by atomic mass is 9.96. The average Bonchev–Trinajstić information content (AvgIpc) is 3.16. The second-order valence-corrected chi connectivity index (χ2v) is 7.07. The molecule has 0 aromatic heterocycles. The Balaban J connectivity index is 1.58. The predicted octanol–water partition coefficient (Wildman–Crippen LogP) is 5.19. The number of nitrogens with zero attached hydrogens (tertiary/aromatic N) is 1. The highest BCUT2D eigenvalue weighted by molar-refractivity contribution is 6.07. The molecule has 1 heterocycles. The molecule has 0 bridgehead atoms. The molecule has 0 aliphatic carbocycles. The first kappa shape index (κ1) is 18.3. The van der Waals surface area contributed by atoms with Gasteiger partial charge in [-0.3, -0.25) is 4.79 Å². The van der Waals surface area contributed by atoms with E-state index in [9.17, 15) is 23.1 Å². The summed E-state index contributed by atoms with van der Waals surface area (Å²) in [5.41, 5.74) is 0.471. The van der Waals surface area contributed by atoms with Gasteiger partial charge in [-0.2, -0.15) is 13.2 Å². The molecule has 3 aromatic carbocycles. The van der Waals surface area contributed by atoms with E-state index in [1.165, 1.54) is 18.2 Å². The summed E-state index contributed by atoms with van der Waals surface area (Å²) in [7, 11) is 0. The minimum Gasteiger partial charge on any atom is -0.508 e. The maximum absolute atomic E-state index is 13.0. The normalized spacial score (nSPS) is 17.2. The van der Waals surface area contributed by atoms with E-state index in [2.05, 4.69) is 0 Å². The van der Waals surface area contributed by atoms with Gasteiger partial charge >= 0.3 is 6.18 Å². The van der Waals surface area contributed by atoms with Gasteiger partial charge < -0.3 is 10.0 Å². The summed E-state index contributed by atoms with van der Waals surface area (Å²) in [5, 5.41) is 11.1. The highest BCUT2D eigenvalue weighted by Crippen LogP contribution is 2.34. The van der Waals surface area contributed by atoms with Crippen molar-refractivity contribution in [2.75, 3.05) is 13.1 Å². The Morgan fingerprint density at radius 3 is 2.61 bits per heavy atom. The molecule has 0 radical (unpaired) electrons. The number of aromatic hydroxyl groups is 1. The minimum absolute atomic E-state index is 0.120. The van der Waals surface area contributed by atoms with E-state index in [0.29, 0.717) is 30.6 Å². The number of alkyl halides is 3. The molecule has 1 saturated heterocycles. The van der Waals surface area contributed by atoms with E-state index < -0.39 is 11.7 Å². The molecule has 1 atom stereocenters. The number of fused-ring (bicyclic) bond motifs is 1. The predicted molar refractivity (Wildman–Crippen MR) is 100 cm³/mol. The summed E-state index contributed by atoms with van der Waals surface area (Å²) in [6, 6.07) is 15.5. The minimum atomic E-state index is -4.38. The van der Waals surface area contributed by atoms with Gasteiger partial charge in [-0.05, 0) is 53.1 Å². The molecule has 4 rings (SSSR count). The SMILES string of the molecule is O=C(c1cccc2cc(O)ccc12)N1CCC(c2cccc(C(F)(F)F)c2)C1. The van der Waals surface area contributed by atoms with E-state index in [1.807, 2.05) is 6.07 Å². The van der Waals surface area contributed by atoms with Crippen molar-refractivity contribution in [1.29, 1.82) is 0 Å². The molecule has 1 aliphatic rings. The van der Waals surface area contributed by atoms with Crippen LogP contribution in [-0.2, 0) is 6.18 Å². The van der Waals surface area contributed by atoms with Crippen LogP contribution in [-0.4, -0.2) is 29.0 Å². The van der Waals surface area contributed by atoms with Crippen LogP contribution < -0.4 is 0 Å². The number of carbonyl (C=O) groups excluding carboxylic acids is 1. The van der Waals surface area contributed by atoms with Crippen molar-refractivity contribution in [3.63, 3.8) is 0 Å². The van der Waals surface area contributed by atoms with Gasteiger partial charge in [0.2, 0.25) is 0 Å². The second kappa shape index (κ2) is 6.86. The van der Waals surface area contributed by atoms with E-state index >= 15 is 0 Å². The first-order valence-electron chi connectivity index (χ1n) is 9.01. The van der Waals surface area contributed by atoms with E-state index in [0.717, 1.165) is 16.8 Å². The van der Waals surface area contributed by atoms with Crippen LogP contribution in [0.15, 0.2) is 60.7 Å². The lowest BCUT2D eigenvalue weighted by Crippen LogP contribution is -2.28. The summed E-state index contributed by atoms with van der Waals surface area (Å²) < 4.78 is 38.9. The fraction of sp³-hybridized carbons (Fsp3) is 0.227. The third kappa shape index (κ3) is 3.42. The quantitative estimate of drug-likeness (QED) is 0.659. The number of phenols is 1. The molecular formula is C22H18F3NO2. The zero-order chi connectivity index (χ0) is 19.9. The first-order chi connectivity index (χ1) is 13.3. The van der Waals surface area contributed by atoms with Crippen molar-refractivity contribution in [1.82, 2.24) is 4.90 Å². The Labute approximate surface area is 160 Å². The van der Waals surface area contributed by atoms with E-state index in [-0.39, 0.29) is 17.6 Å². The van der Waals surface area contributed by atoms with Gasteiger partial charge in [-0.1, -0.05) is 30.3 Å². The van der Waals surface area contributed by atoms with Crippen molar-refractivity contribution < 1.29 is 23.1 Å². The Morgan fingerprint density at radius 2 is 1.82 bits per heavy atom. The number of halogens is 3. The molecule has 3 aromatic rings. The van der Waals surface area contributed by atoms with Crippen molar-refractivity contribution in [3.05, 3.63) is 77.4 Å². The fourth-order valence-electron chi connectivity index (χ4n) is 3.81. The van der Waals surface area contributed by atoms with Gasteiger partial charge in [0.25, 0.3) is 5.91 Å². The van der Waals surface area contributed by atoms with Gasteiger partial charge in [-0.25, -0.2) is 0 Å².